The molecule has 0 saturated heterocycles. The van der Waals surface area contributed by atoms with Crippen molar-refractivity contribution in [2.75, 3.05) is 25.6 Å². The molecular weight excluding hydrogens is 395 g/mol. The molecule has 28 heavy (non-hydrogen) atoms. The Kier molecular flexibility index (Phi) is 5.81. The van der Waals surface area contributed by atoms with Crippen molar-refractivity contribution in [2.45, 2.75) is 26.2 Å². The van der Waals surface area contributed by atoms with Crippen molar-refractivity contribution in [3.8, 4) is 0 Å². The molecule has 2 aromatic rings. The van der Waals surface area contributed by atoms with Gasteiger partial charge in [0.05, 0.1) is 12.2 Å². The summed E-state index contributed by atoms with van der Waals surface area (Å²) in [6.07, 6.45) is -3.49. The SMILES string of the molecule is COCCN1Cc2cc(NCc3c(C(F)(F)F)ccnc3Cl)cc(C)c2C1=O. The van der Waals surface area contributed by atoms with E-state index < -0.39 is 11.7 Å². The van der Waals surface area contributed by atoms with Gasteiger partial charge in [-0.3, -0.25) is 4.79 Å². The molecule has 0 aliphatic carbocycles. The Bertz CT molecular complexity index is 903. The number of ether oxygens (including phenoxy) is 1. The molecule has 3 rings (SSSR count). The number of benzene rings is 1. The van der Waals surface area contributed by atoms with Gasteiger partial charge in [0.1, 0.15) is 5.15 Å². The minimum absolute atomic E-state index is 0.0641. The number of alkyl halides is 3. The fourth-order valence-corrected chi connectivity index (χ4v) is 3.53. The lowest BCUT2D eigenvalue weighted by Crippen LogP contribution is -2.27. The van der Waals surface area contributed by atoms with Crippen molar-refractivity contribution < 1.29 is 22.7 Å². The number of anilines is 1. The van der Waals surface area contributed by atoms with Crippen LogP contribution in [0, 0.1) is 6.92 Å². The smallest absolute Gasteiger partial charge is 0.383 e. The maximum atomic E-state index is 13.2. The predicted molar refractivity (Wildman–Crippen MR) is 99.4 cm³/mol. The minimum Gasteiger partial charge on any atom is -0.383 e. The van der Waals surface area contributed by atoms with Gasteiger partial charge in [-0.2, -0.15) is 13.2 Å². The van der Waals surface area contributed by atoms with Crippen LogP contribution >= 0.6 is 11.6 Å². The van der Waals surface area contributed by atoms with E-state index in [-0.39, 0.29) is 23.2 Å². The Morgan fingerprint density at radius 2 is 2.11 bits per heavy atom. The van der Waals surface area contributed by atoms with E-state index in [1.165, 1.54) is 0 Å². The first-order valence-electron chi connectivity index (χ1n) is 8.58. The summed E-state index contributed by atoms with van der Waals surface area (Å²) in [6, 6.07) is 4.43. The summed E-state index contributed by atoms with van der Waals surface area (Å²) in [4.78, 5) is 17.9. The molecule has 1 aliphatic heterocycles. The maximum Gasteiger partial charge on any atom is 0.416 e. The summed E-state index contributed by atoms with van der Waals surface area (Å²) in [5.41, 5.74) is 1.91. The van der Waals surface area contributed by atoms with Gasteiger partial charge in [-0.05, 0) is 36.2 Å². The molecule has 0 saturated carbocycles. The lowest BCUT2D eigenvalue weighted by molar-refractivity contribution is -0.138. The van der Waals surface area contributed by atoms with Gasteiger partial charge in [0.15, 0.2) is 0 Å². The highest BCUT2D eigenvalue weighted by Gasteiger charge is 2.34. The van der Waals surface area contributed by atoms with Gasteiger partial charge in [-0.25, -0.2) is 4.98 Å². The highest BCUT2D eigenvalue weighted by atomic mass is 35.5. The van der Waals surface area contributed by atoms with E-state index in [4.69, 9.17) is 16.3 Å². The molecule has 1 aliphatic rings. The number of aryl methyl sites for hydroxylation is 1. The number of rotatable bonds is 6. The Balaban J connectivity index is 1.82. The van der Waals surface area contributed by atoms with Gasteiger partial charge >= 0.3 is 6.18 Å². The van der Waals surface area contributed by atoms with Crippen molar-refractivity contribution in [3.05, 3.63) is 57.4 Å². The molecule has 0 unspecified atom stereocenters. The molecule has 1 aromatic carbocycles. The van der Waals surface area contributed by atoms with Crippen LogP contribution in [-0.4, -0.2) is 36.1 Å². The van der Waals surface area contributed by atoms with Crippen molar-refractivity contribution in [1.82, 2.24) is 9.88 Å². The number of methoxy groups -OCH3 is 1. The third-order valence-electron chi connectivity index (χ3n) is 4.62. The van der Waals surface area contributed by atoms with Crippen LogP contribution in [0.3, 0.4) is 0 Å². The summed E-state index contributed by atoms with van der Waals surface area (Å²) in [5.74, 6) is -0.0641. The van der Waals surface area contributed by atoms with Crippen LogP contribution < -0.4 is 5.32 Å². The van der Waals surface area contributed by atoms with Gasteiger partial charge in [-0.15, -0.1) is 0 Å². The Morgan fingerprint density at radius 1 is 1.36 bits per heavy atom. The lowest BCUT2D eigenvalue weighted by Gasteiger charge is -2.15. The van der Waals surface area contributed by atoms with Crippen molar-refractivity contribution >= 4 is 23.2 Å². The molecule has 5 nitrogen and oxygen atoms in total. The second-order valence-electron chi connectivity index (χ2n) is 6.53. The number of pyridine rings is 1. The van der Waals surface area contributed by atoms with E-state index in [1.807, 2.05) is 0 Å². The largest absolute Gasteiger partial charge is 0.416 e. The van der Waals surface area contributed by atoms with E-state index in [2.05, 4.69) is 10.3 Å². The van der Waals surface area contributed by atoms with Crippen LogP contribution in [0.2, 0.25) is 5.15 Å². The van der Waals surface area contributed by atoms with E-state index in [1.54, 1.807) is 31.1 Å². The topological polar surface area (TPSA) is 54.5 Å². The molecule has 0 spiro atoms. The number of carbonyl (C=O) groups excluding carboxylic acids is 1. The fraction of sp³-hybridized carbons (Fsp3) is 0.368. The quantitative estimate of drug-likeness (QED) is 0.718. The third-order valence-corrected chi connectivity index (χ3v) is 4.95. The number of amides is 1. The summed E-state index contributed by atoms with van der Waals surface area (Å²) < 4.78 is 44.7. The molecule has 0 atom stereocenters. The van der Waals surface area contributed by atoms with Crippen LogP contribution in [0.25, 0.3) is 0 Å². The summed E-state index contributed by atoms with van der Waals surface area (Å²) in [6.45, 7) is 3.02. The molecule has 0 fully saturated rings. The normalized spacial score (nSPS) is 13.8. The monoisotopic (exact) mass is 413 g/mol. The molecule has 150 valence electrons. The molecule has 0 bridgehead atoms. The van der Waals surface area contributed by atoms with Crippen molar-refractivity contribution in [3.63, 3.8) is 0 Å². The van der Waals surface area contributed by atoms with Gasteiger partial charge in [0.25, 0.3) is 5.91 Å². The van der Waals surface area contributed by atoms with Gasteiger partial charge in [0, 0.05) is 49.8 Å². The minimum atomic E-state index is -4.52. The Hall–Kier alpha value is -2.32. The summed E-state index contributed by atoms with van der Waals surface area (Å²) >= 11 is 5.90. The zero-order chi connectivity index (χ0) is 20.5. The predicted octanol–water partition coefficient (Wildman–Crippen LogP) is 4.28. The molecule has 1 N–H and O–H groups in total. The number of carbonyl (C=O) groups is 1. The number of nitrogens with zero attached hydrogens (tertiary/aromatic N) is 2. The zero-order valence-corrected chi connectivity index (χ0v) is 16.1. The van der Waals surface area contributed by atoms with Crippen LogP contribution in [0.15, 0.2) is 24.4 Å². The summed E-state index contributed by atoms with van der Waals surface area (Å²) in [7, 11) is 1.57. The van der Waals surface area contributed by atoms with Crippen LogP contribution in [0.4, 0.5) is 18.9 Å². The first-order valence-corrected chi connectivity index (χ1v) is 8.96. The van der Waals surface area contributed by atoms with Gasteiger partial charge < -0.3 is 15.0 Å². The van der Waals surface area contributed by atoms with Crippen LogP contribution in [0.5, 0.6) is 0 Å². The Labute approximate surface area is 165 Å². The highest BCUT2D eigenvalue weighted by molar-refractivity contribution is 6.30. The highest BCUT2D eigenvalue weighted by Crippen LogP contribution is 2.35. The number of nitrogens with one attached hydrogen (secondary N) is 1. The lowest BCUT2D eigenvalue weighted by atomic mass is 10.0. The number of aromatic nitrogens is 1. The zero-order valence-electron chi connectivity index (χ0n) is 15.4. The van der Waals surface area contributed by atoms with E-state index in [9.17, 15) is 18.0 Å². The number of fused-ring (bicyclic) bond motifs is 1. The Morgan fingerprint density at radius 3 is 2.79 bits per heavy atom. The second-order valence-corrected chi connectivity index (χ2v) is 6.88. The van der Waals surface area contributed by atoms with E-state index in [0.717, 1.165) is 23.4 Å². The van der Waals surface area contributed by atoms with E-state index in [0.29, 0.717) is 30.9 Å². The van der Waals surface area contributed by atoms with Crippen LogP contribution in [0.1, 0.15) is 32.6 Å². The standard InChI is InChI=1S/C19H19ClF3N3O2/c1-11-7-13(8-12-10-26(5-6-28-2)18(27)16(11)12)25-9-14-15(19(21,22)23)3-4-24-17(14)20/h3-4,7-8,25H,5-6,9-10H2,1-2H3. The summed E-state index contributed by atoms with van der Waals surface area (Å²) in [5, 5.41) is 2.79. The molecule has 2 heterocycles. The van der Waals surface area contributed by atoms with Crippen molar-refractivity contribution in [1.29, 1.82) is 0 Å². The molecule has 1 aromatic heterocycles. The molecule has 1 amide bonds. The fourth-order valence-electron chi connectivity index (χ4n) is 3.30. The average molecular weight is 414 g/mol. The first-order chi connectivity index (χ1) is 13.2. The number of hydrogen-bond acceptors (Lipinski definition) is 4. The van der Waals surface area contributed by atoms with Gasteiger partial charge in [-0.1, -0.05) is 11.6 Å². The third kappa shape index (κ3) is 4.07. The van der Waals surface area contributed by atoms with E-state index >= 15 is 0 Å². The average Bonchev–Trinajstić information content (AvgIpc) is 2.94. The second kappa shape index (κ2) is 7.97. The van der Waals surface area contributed by atoms with Crippen molar-refractivity contribution in [2.24, 2.45) is 0 Å². The van der Waals surface area contributed by atoms with Gasteiger partial charge in [0.2, 0.25) is 0 Å². The number of hydrogen-bond donors (Lipinski definition) is 1. The van der Waals surface area contributed by atoms with Crippen LogP contribution in [-0.2, 0) is 24.0 Å². The molecule has 0 radical (unpaired) electrons. The molecule has 9 heteroatoms. The maximum absolute atomic E-state index is 13.2. The molecular formula is C19H19ClF3N3O2. The number of halogens is 4. The first kappa shape index (κ1) is 20.4.